The zero-order chi connectivity index (χ0) is 19.7. The molecule has 1 unspecified atom stereocenters. The molecule has 1 aromatic heterocycles. The summed E-state index contributed by atoms with van der Waals surface area (Å²) in [5.74, 6) is 0.116. The third-order valence-corrected chi connectivity index (χ3v) is 5.01. The lowest BCUT2D eigenvalue weighted by molar-refractivity contribution is -0.122. The molecule has 3 aromatic rings. The van der Waals surface area contributed by atoms with Crippen LogP contribution in [0.25, 0.3) is 10.9 Å². The lowest BCUT2D eigenvalue weighted by atomic mass is 10.1. The SMILES string of the molecule is COc1ccc(N2CC(C(=O)Nc3cccc4nc(C)ccc34)CC2=O)cc1. The third kappa shape index (κ3) is 3.41. The molecule has 2 heterocycles. The second-order valence-corrected chi connectivity index (χ2v) is 6.92. The van der Waals surface area contributed by atoms with Gasteiger partial charge in [-0.05, 0) is 55.5 Å². The number of pyridine rings is 1. The topological polar surface area (TPSA) is 71.5 Å². The second-order valence-electron chi connectivity index (χ2n) is 6.92. The van der Waals surface area contributed by atoms with Crippen LogP contribution in [-0.4, -0.2) is 30.5 Å². The van der Waals surface area contributed by atoms with Gasteiger partial charge in [0.2, 0.25) is 11.8 Å². The van der Waals surface area contributed by atoms with Crippen LogP contribution < -0.4 is 15.0 Å². The van der Waals surface area contributed by atoms with Crippen molar-refractivity contribution < 1.29 is 14.3 Å². The zero-order valence-corrected chi connectivity index (χ0v) is 15.8. The number of aryl methyl sites for hydroxylation is 1. The fourth-order valence-electron chi connectivity index (χ4n) is 3.50. The standard InChI is InChI=1S/C22H21N3O3/c1-14-6-11-18-19(23-14)4-3-5-20(18)24-22(27)15-12-21(26)25(13-15)16-7-9-17(28-2)10-8-16/h3-11,15H,12-13H2,1-2H3,(H,24,27). The third-order valence-electron chi connectivity index (χ3n) is 5.01. The Hall–Kier alpha value is -3.41. The van der Waals surface area contributed by atoms with Crippen molar-refractivity contribution >= 4 is 34.1 Å². The van der Waals surface area contributed by atoms with Gasteiger partial charge in [0, 0.05) is 29.7 Å². The van der Waals surface area contributed by atoms with Crippen LogP contribution in [-0.2, 0) is 9.59 Å². The van der Waals surface area contributed by atoms with Crippen LogP contribution >= 0.6 is 0 Å². The summed E-state index contributed by atoms with van der Waals surface area (Å²) < 4.78 is 5.15. The molecule has 1 aliphatic heterocycles. The van der Waals surface area contributed by atoms with Gasteiger partial charge in [-0.2, -0.15) is 0 Å². The predicted octanol–water partition coefficient (Wildman–Crippen LogP) is 3.54. The molecule has 1 fully saturated rings. The monoisotopic (exact) mass is 375 g/mol. The van der Waals surface area contributed by atoms with E-state index >= 15 is 0 Å². The van der Waals surface area contributed by atoms with Crippen LogP contribution in [0.15, 0.2) is 54.6 Å². The van der Waals surface area contributed by atoms with Gasteiger partial charge in [-0.3, -0.25) is 14.6 Å². The number of hydrogen-bond donors (Lipinski definition) is 1. The van der Waals surface area contributed by atoms with Crippen LogP contribution in [0.5, 0.6) is 5.75 Å². The summed E-state index contributed by atoms with van der Waals surface area (Å²) >= 11 is 0. The number of benzene rings is 2. The van der Waals surface area contributed by atoms with E-state index in [-0.39, 0.29) is 18.2 Å². The molecule has 1 atom stereocenters. The first kappa shape index (κ1) is 18.0. The lowest BCUT2D eigenvalue weighted by Crippen LogP contribution is -2.28. The van der Waals surface area contributed by atoms with Crippen molar-refractivity contribution in [2.45, 2.75) is 13.3 Å². The number of hydrogen-bond acceptors (Lipinski definition) is 4. The summed E-state index contributed by atoms with van der Waals surface area (Å²) in [7, 11) is 1.60. The number of anilines is 2. The van der Waals surface area contributed by atoms with Crippen molar-refractivity contribution in [3.8, 4) is 5.75 Å². The predicted molar refractivity (Wildman–Crippen MR) is 109 cm³/mol. The molecule has 1 aliphatic rings. The molecule has 0 aliphatic carbocycles. The van der Waals surface area contributed by atoms with Crippen molar-refractivity contribution in [1.29, 1.82) is 0 Å². The van der Waals surface area contributed by atoms with Gasteiger partial charge >= 0.3 is 0 Å². The number of amides is 2. The number of fused-ring (bicyclic) bond motifs is 1. The van der Waals surface area contributed by atoms with Gasteiger partial charge in [-0.1, -0.05) is 6.07 Å². The van der Waals surface area contributed by atoms with E-state index in [4.69, 9.17) is 4.74 Å². The Balaban J connectivity index is 1.51. The Morgan fingerprint density at radius 2 is 1.93 bits per heavy atom. The van der Waals surface area contributed by atoms with E-state index in [0.717, 1.165) is 28.0 Å². The van der Waals surface area contributed by atoms with Crippen LogP contribution in [0, 0.1) is 12.8 Å². The van der Waals surface area contributed by atoms with Gasteiger partial charge in [-0.25, -0.2) is 0 Å². The summed E-state index contributed by atoms with van der Waals surface area (Å²) in [5.41, 5.74) is 3.24. The number of nitrogens with one attached hydrogen (secondary N) is 1. The van der Waals surface area contributed by atoms with Crippen molar-refractivity contribution in [3.05, 3.63) is 60.3 Å². The smallest absolute Gasteiger partial charge is 0.229 e. The molecule has 2 aromatic carbocycles. The maximum atomic E-state index is 12.8. The molecule has 0 radical (unpaired) electrons. The van der Waals surface area contributed by atoms with E-state index in [9.17, 15) is 9.59 Å². The maximum absolute atomic E-state index is 12.8. The molecule has 0 saturated carbocycles. The number of aromatic nitrogens is 1. The van der Waals surface area contributed by atoms with Gasteiger partial charge in [0.25, 0.3) is 0 Å². The summed E-state index contributed by atoms with van der Waals surface area (Å²) in [5, 5.41) is 3.87. The number of carbonyl (C=O) groups excluding carboxylic acids is 2. The van der Waals surface area contributed by atoms with Crippen molar-refractivity contribution in [2.75, 3.05) is 23.9 Å². The zero-order valence-electron chi connectivity index (χ0n) is 15.8. The Morgan fingerprint density at radius 1 is 1.14 bits per heavy atom. The number of rotatable bonds is 4. The second kappa shape index (κ2) is 7.31. The molecular formula is C22H21N3O3. The van der Waals surface area contributed by atoms with E-state index in [1.165, 1.54) is 0 Å². The van der Waals surface area contributed by atoms with Crippen LogP contribution in [0.1, 0.15) is 12.1 Å². The minimum atomic E-state index is -0.400. The van der Waals surface area contributed by atoms with Crippen LogP contribution in [0.3, 0.4) is 0 Å². The average Bonchev–Trinajstić information content (AvgIpc) is 3.10. The van der Waals surface area contributed by atoms with Crippen molar-refractivity contribution in [1.82, 2.24) is 4.98 Å². The fraction of sp³-hybridized carbons (Fsp3) is 0.227. The van der Waals surface area contributed by atoms with E-state index in [0.29, 0.717) is 12.2 Å². The summed E-state index contributed by atoms with van der Waals surface area (Å²) in [6, 6.07) is 16.8. The van der Waals surface area contributed by atoms with E-state index in [1.54, 1.807) is 24.1 Å². The highest BCUT2D eigenvalue weighted by Crippen LogP contribution is 2.29. The molecule has 0 bridgehead atoms. The van der Waals surface area contributed by atoms with E-state index < -0.39 is 5.92 Å². The molecule has 28 heavy (non-hydrogen) atoms. The molecule has 142 valence electrons. The highest BCUT2D eigenvalue weighted by Gasteiger charge is 2.35. The van der Waals surface area contributed by atoms with Crippen molar-refractivity contribution in [2.24, 2.45) is 5.92 Å². The van der Waals surface area contributed by atoms with Gasteiger partial charge in [-0.15, -0.1) is 0 Å². The van der Waals surface area contributed by atoms with E-state index in [1.807, 2.05) is 49.4 Å². The first-order valence-corrected chi connectivity index (χ1v) is 9.17. The van der Waals surface area contributed by atoms with Gasteiger partial charge in [0.1, 0.15) is 5.75 Å². The normalized spacial score (nSPS) is 16.4. The minimum absolute atomic E-state index is 0.0551. The van der Waals surface area contributed by atoms with Gasteiger partial charge in [0.05, 0.1) is 24.2 Å². The van der Waals surface area contributed by atoms with E-state index in [2.05, 4.69) is 10.3 Å². The number of ether oxygens (including phenoxy) is 1. The van der Waals surface area contributed by atoms with Gasteiger partial charge < -0.3 is 15.0 Å². The number of methoxy groups -OCH3 is 1. The molecule has 6 heteroatoms. The number of nitrogens with zero attached hydrogens (tertiary/aromatic N) is 2. The van der Waals surface area contributed by atoms with Crippen LogP contribution in [0.2, 0.25) is 0 Å². The average molecular weight is 375 g/mol. The summed E-state index contributed by atoms with van der Waals surface area (Å²) in [6.45, 7) is 2.29. The molecule has 1 N–H and O–H groups in total. The highest BCUT2D eigenvalue weighted by molar-refractivity contribution is 6.06. The molecular weight excluding hydrogens is 354 g/mol. The molecule has 6 nitrogen and oxygen atoms in total. The lowest BCUT2D eigenvalue weighted by Gasteiger charge is -2.17. The maximum Gasteiger partial charge on any atom is 0.229 e. The quantitative estimate of drug-likeness (QED) is 0.757. The first-order chi connectivity index (χ1) is 13.5. The molecule has 0 spiro atoms. The van der Waals surface area contributed by atoms with Gasteiger partial charge in [0.15, 0.2) is 0 Å². The Kier molecular flexibility index (Phi) is 4.69. The van der Waals surface area contributed by atoms with Crippen LogP contribution in [0.4, 0.5) is 11.4 Å². The molecule has 2 amide bonds. The number of carbonyl (C=O) groups is 2. The Morgan fingerprint density at radius 3 is 2.68 bits per heavy atom. The fourth-order valence-corrected chi connectivity index (χ4v) is 3.50. The first-order valence-electron chi connectivity index (χ1n) is 9.17. The molecule has 1 saturated heterocycles. The highest BCUT2D eigenvalue weighted by atomic mass is 16.5. The van der Waals surface area contributed by atoms with Crippen molar-refractivity contribution in [3.63, 3.8) is 0 Å². The summed E-state index contributed by atoms with van der Waals surface area (Å²) in [6.07, 6.45) is 0.194. The minimum Gasteiger partial charge on any atom is -0.497 e. The Bertz CT molecular complexity index is 1050. The summed E-state index contributed by atoms with van der Waals surface area (Å²) in [4.78, 5) is 31.4. The Labute approximate surface area is 163 Å². The molecule has 4 rings (SSSR count). The largest absolute Gasteiger partial charge is 0.497 e.